The fourth-order valence-corrected chi connectivity index (χ4v) is 3.33. The van der Waals surface area contributed by atoms with Gasteiger partial charge in [0.2, 0.25) is 5.91 Å². The van der Waals surface area contributed by atoms with Crippen LogP contribution in [0.25, 0.3) is 10.9 Å². The van der Waals surface area contributed by atoms with Crippen LogP contribution >= 0.6 is 0 Å². The monoisotopic (exact) mass is 348 g/mol. The topological polar surface area (TPSA) is 44.9 Å². The van der Waals surface area contributed by atoms with Gasteiger partial charge in [0, 0.05) is 23.3 Å². The van der Waals surface area contributed by atoms with Crippen LogP contribution in [-0.4, -0.2) is 10.9 Å². The van der Waals surface area contributed by atoms with E-state index in [2.05, 4.69) is 40.6 Å². The summed E-state index contributed by atoms with van der Waals surface area (Å²) in [6.07, 6.45) is 7.39. The van der Waals surface area contributed by atoms with Gasteiger partial charge in [-0.3, -0.25) is 4.79 Å². The molecular weight excluding hydrogens is 320 g/mol. The number of H-pyrrole nitrogens is 1. The first-order chi connectivity index (χ1) is 12.7. The lowest BCUT2D eigenvalue weighted by Crippen LogP contribution is -2.11. The normalized spacial score (nSPS) is 11.0. The molecule has 1 heterocycles. The quantitative estimate of drug-likeness (QED) is 0.458. The highest BCUT2D eigenvalue weighted by atomic mass is 16.1. The van der Waals surface area contributed by atoms with E-state index < -0.39 is 0 Å². The Morgan fingerprint density at radius 2 is 1.65 bits per heavy atom. The maximum Gasteiger partial charge on any atom is 0.224 e. The average Bonchev–Trinajstić information content (AvgIpc) is 3.05. The summed E-state index contributed by atoms with van der Waals surface area (Å²) in [5.74, 6) is 0.123. The minimum Gasteiger partial charge on any atom is -0.358 e. The number of carbonyl (C=O) groups is 1. The molecule has 0 aliphatic rings. The molecule has 2 aromatic carbocycles. The smallest absolute Gasteiger partial charge is 0.224 e. The van der Waals surface area contributed by atoms with Crippen LogP contribution < -0.4 is 5.32 Å². The number of amides is 1. The van der Waals surface area contributed by atoms with E-state index in [-0.39, 0.29) is 5.91 Å². The van der Waals surface area contributed by atoms with E-state index in [1.54, 1.807) is 0 Å². The molecule has 0 spiro atoms. The highest BCUT2D eigenvalue weighted by molar-refractivity contribution is 5.91. The molecule has 3 aromatic rings. The SMILES string of the molecule is Cc1ccccc1NC(=O)CCCCCCCc1cc2ccccc2[nH]1. The second kappa shape index (κ2) is 9.23. The molecule has 0 fully saturated rings. The third-order valence-corrected chi connectivity index (χ3v) is 4.85. The van der Waals surface area contributed by atoms with E-state index in [0.717, 1.165) is 30.5 Å². The second-order valence-corrected chi connectivity index (χ2v) is 7.01. The fourth-order valence-electron chi connectivity index (χ4n) is 3.33. The van der Waals surface area contributed by atoms with E-state index in [0.29, 0.717) is 6.42 Å². The van der Waals surface area contributed by atoms with Gasteiger partial charge >= 0.3 is 0 Å². The Balaban J connectivity index is 1.27. The first-order valence-corrected chi connectivity index (χ1v) is 9.64. The summed E-state index contributed by atoms with van der Waals surface area (Å²) in [6.45, 7) is 2.02. The summed E-state index contributed by atoms with van der Waals surface area (Å²) < 4.78 is 0. The Bertz CT molecular complexity index is 817. The minimum atomic E-state index is 0.123. The van der Waals surface area contributed by atoms with Crippen LogP contribution in [0.15, 0.2) is 54.6 Å². The van der Waals surface area contributed by atoms with Crippen molar-refractivity contribution in [3.05, 3.63) is 65.9 Å². The average molecular weight is 348 g/mol. The van der Waals surface area contributed by atoms with Crippen LogP contribution in [-0.2, 0) is 11.2 Å². The van der Waals surface area contributed by atoms with Gasteiger partial charge in [-0.05, 0) is 55.3 Å². The van der Waals surface area contributed by atoms with Gasteiger partial charge in [-0.2, -0.15) is 0 Å². The molecule has 26 heavy (non-hydrogen) atoms. The van der Waals surface area contributed by atoms with E-state index in [1.807, 2.05) is 31.2 Å². The summed E-state index contributed by atoms with van der Waals surface area (Å²) in [5.41, 5.74) is 4.58. The summed E-state index contributed by atoms with van der Waals surface area (Å²) in [4.78, 5) is 15.5. The van der Waals surface area contributed by atoms with Gasteiger partial charge in [0.15, 0.2) is 0 Å². The third kappa shape index (κ3) is 5.22. The lowest BCUT2D eigenvalue weighted by molar-refractivity contribution is -0.116. The van der Waals surface area contributed by atoms with Crippen molar-refractivity contribution in [3.8, 4) is 0 Å². The Kier molecular flexibility index (Phi) is 6.48. The standard InChI is InChI=1S/C23H28N2O/c1-18-11-7-9-14-21(18)25-23(26)16-6-4-2-3-5-13-20-17-19-12-8-10-15-22(19)24-20/h7-12,14-15,17,24H,2-6,13,16H2,1H3,(H,25,26). The Labute approximate surface area is 155 Å². The molecule has 3 nitrogen and oxygen atoms in total. The molecule has 3 rings (SSSR count). The van der Waals surface area contributed by atoms with Crippen LogP contribution in [0.3, 0.4) is 0 Å². The lowest BCUT2D eigenvalue weighted by atomic mass is 10.1. The number of carbonyl (C=O) groups excluding carboxylic acids is 1. The number of fused-ring (bicyclic) bond motifs is 1. The molecule has 0 radical (unpaired) electrons. The maximum absolute atomic E-state index is 12.0. The largest absolute Gasteiger partial charge is 0.358 e. The van der Waals surface area contributed by atoms with Crippen molar-refractivity contribution >= 4 is 22.5 Å². The first kappa shape index (κ1) is 18.2. The summed E-state index contributed by atoms with van der Waals surface area (Å²) in [6, 6.07) is 18.6. The number of benzene rings is 2. The van der Waals surface area contributed by atoms with Crippen molar-refractivity contribution in [2.24, 2.45) is 0 Å². The molecule has 0 bridgehead atoms. The maximum atomic E-state index is 12.0. The zero-order valence-corrected chi connectivity index (χ0v) is 15.6. The molecule has 0 atom stereocenters. The van der Waals surface area contributed by atoms with E-state index in [9.17, 15) is 4.79 Å². The van der Waals surface area contributed by atoms with Crippen LogP contribution in [0.2, 0.25) is 0 Å². The molecule has 1 aromatic heterocycles. The lowest BCUT2D eigenvalue weighted by Gasteiger charge is -2.07. The number of aryl methyl sites for hydroxylation is 2. The van der Waals surface area contributed by atoms with Gasteiger partial charge in [0.1, 0.15) is 0 Å². The van der Waals surface area contributed by atoms with Gasteiger partial charge in [0.25, 0.3) is 0 Å². The first-order valence-electron chi connectivity index (χ1n) is 9.64. The van der Waals surface area contributed by atoms with E-state index >= 15 is 0 Å². The molecule has 0 saturated carbocycles. The van der Waals surface area contributed by atoms with E-state index in [4.69, 9.17) is 0 Å². The molecular formula is C23H28N2O. The van der Waals surface area contributed by atoms with Crippen molar-refractivity contribution in [2.75, 3.05) is 5.32 Å². The number of nitrogens with one attached hydrogen (secondary N) is 2. The van der Waals surface area contributed by atoms with Gasteiger partial charge in [0.05, 0.1) is 0 Å². The minimum absolute atomic E-state index is 0.123. The van der Waals surface area contributed by atoms with Crippen molar-refractivity contribution in [2.45, 2.75) is 51.9 Å². The Morgan fingerprint density at radius 1 is 0.923 bits per heavy atom. The molecule has 0 saturated heterocycles. The zero-order valence-electron chi connectivity index (χ0n) is 15.6. The van der Waals surface area contributed by atoms with Crippen LogP contribution in [0.4, 0.5) is 5.69 Å². The number of hydrogen-bond acceptors (Lipinski definition) is 1. The molecule has 136 valence electrons. The summed E-state index contributed by atoms with van der Waals surface area (Å²) in [5, 5.41) is 4.30. The van der Waals surface area contributed by atoms with Crippen LogP contribution in [0.1, 0.15) is 49.8 Å². The van der Waals surface area contributed by atoms with Crippen molar-refractivity contribution in [3.63, 3.8) is 0 Å². The number of anilines is 1. The van der Waals surface area contributed by atoms with Crippen molar-refractivity contribution < 1.29 is 4.79 Å². The molecule has 2 N–H and O–H groups in total. The number of rotatable bonds is 9. The summed E-state index contributed by atoms with van der Waals surface area (Å²) >= 11 is 0. The zero-order chi connectivity index (χ0) is 18.2. The number of hydrogen-bond donors (Lipinski definition) is 2. The highest BCUT2D eigenvalue weighted by Gasteiger charge is 2.04. The molecule has 3 heteroatoms. The van der Waals surface area contributed by atoms with E-state index in [1.165, 1.54) is 35.9 Å². The van der Waals surface area contributed by atoms with Crippen molar-refractivity contribution in [1.82, 2.24) is 4.98 Å². The molecule has 0 unspecified atom stereocenters. The second-order valence-electron chi connectivity index (χ2n) is 7.01. The van der Waals surface area contributed by atoms with Gasteiger partial charge < -0.3 is 10.3 Å². The van der Waals surface area contributed by atoms with Crippen LogP contribution in [0, 0.1) is 6.92 Å². The van der Waals surface area contributed by atoms with Crippen molar-refractivity contribution in [1.29, 1.82) is 0 Å². The van der Waals surface area contributed by atoms with Gasteiger partial charge in [-0.15, -0.1) is 0 Å². The number of aromatic nitrogens is 1. The predicted molar refractivity (Wildman–Crippen MR) is 110 cm³/mol. The fraction of sp³-hybridized carbons (Fsp3) is 0.348. The Hall–Kier alpha value is -2.55. The molecule has 0 aliphatic heterocycles. The highest BCUT2D eigenvalue weighted by Crippen LogP contribution is 2.17. The number of aromatic amines is 1. The Morgan fingerprint density at radius 3 is 2.50 bits per heavy atom. The molecule has 0 aliphatic carbocycles. The van der Waals surface area contributed by atoms with Crippen LogP contribution in [0.5, 0.6) is 0 Å². The molecule has 1 amide bonds. The number of para-hydroxylation sites is 2. The predicted octanol–water partition coefficient (Wildman–Crippen LogP) is 6.00. The van der Waals surface area contributed by atoms with Gasteiger partial charge in [-0.1, -0.05) is 55.7 Å². The number of unbranched alkanes of at least 4 members (excludes halogenated alkanes) is 4. The summed E-state index contributed by atoms with van der Waals surface area (Å²) in [7, 11) is 0. The third-order valence-electron chi connectivity index (χ3n) is 4.85. The van der Waals surface area contributed by atoms with Gasteiger partial charge in [-0.25, -0.2) is 0 Å².